The maximum atomic E-state index is 6.12. The van der Waals surface area contributed by atoms with Crippen molar-refractivity contribution >= 4 is 28.9 Å². The molecule has 2 aromatic rings. The summed E-state index contributed by atoms with van der Waals surface area (Å²) in [5.41, 5.74) is 1.87. The molecule has 0 aliphatic heterocycles. The number of rotatable bonds is 5. The highest BCUT2D eigenvalue weighted by Gasteiger charge is 2.05. The third-order valence-corrected chi connectivity index (χ3v) is 3.33. The van der Waals surface area contributed by atoms with E-state index in [-0.39, 0.29) is 6.10 Å². The van der Waals surface area contributed by atoms with Crippen LogP contribution in [0.15, 0.2) is 42.5 Å². The fourth-order valence-electron chi connectivity index (χ4n) is 1.86. The highest BCUT2D eigenvalue weighted by Crippen LogP contribution is 2.30. The average molecular weight is 310 g/mol. The summed E-state index contributed by atoms with van der Waals surface area (Å²) in [7, 11) is 0. The van der Waals surface area contributed by atoms with Crippen LogP contribution in [0.25, 0.3) is 0 Å². The molecular weight excluding hydrogens is 293 g/mol. The molecule has 2 aromatic carbocycles. The Morgan fingerprint density at radius 2 is 1.70 bits per heavy atom. The molecule has 20 heavy (non-hydrogen) atoms. The summed E-state index contributed by atoms with van der Waals surface area (Å²) < 4.78 is 5.67. The van der Waals surface area contributed by atoms with Crippen LogP contribution in [0.4, 0.5) is 5.69 Å². The molecule has 0 fully saturated rings. The SMILES string of the molecule is CC(C)Oc1cccc(CNc2c(Cl)cccc2Cl)c1. The zero-order valence-electron chi connectivity index (χ0n) is 11.5. The molecule has 0 amide bonds. The fourth-order valence-corrected chi connectivity index (χ4v) is 2.39. The Bertz CT molecular complexity index is 564. The van der Waals surface area contributed by atoms with Crippen molar-refractivity contribution in [2.24, 2.45) is 0 Å². The topological polar surface area (TPSA) is 21.3 Å². The molecule has 106 valence electrons. The maximum Gasteiger partial charge on any atom is 0.120 e. The molecule has 0 aliphatic carbocycles. The minimum atomic E-state index is 0.163. The Labute approximate surface area is 129 Å². The molecule has 0 saturated carbocycles. The van der Waals surface area contributed by atoms with Gasteiger partial charge in [0.2, 0.25) is 0 Å². The summed E-state index contributed by atoms with van der Waals surface area (Å²) in [5.74, 6) is 0.865. The van der Waals surface area contributed by atoms with Gasteiger partial charge in [-0.1, -0.05) is 41.4 Å². The van der Waals surface area contributed by atoms with Crippen molar-refractivity contribution in [1.82, 2.24) is 0 Å². The van der Waals surface area contributed by atoms with Crippen LogP contribution < -0.4 is 10.1 Å². The average Bonchev–Trinajstić information content (AvgIpc) is 2.38. The number of nitrogens with one attached hydrogen (secondary N) is 1. The van der Waals surface area contributed by atoms with Gasteiger partial charge < -0.3 is 10.1 Å². The van der Waals surface area contributed by atoms with Crippen LogP contribution in [0.1, 0.15) is 19.4 Å². The lowest BCUT2D eigenvalue weighted by Gasteiger charge is -2.13. The molecule has 2 rings (SSSR count). The molecule has 0 saturated heterocycles. The van der Waals surface area contributed by atoms with Crippen LogP contribution in [0.2, 0.25) is 10.0 Å². The first kappa shape index (κ1) is 15.0. The van der Waals surface area contributed by atoms with E-state index in [9.17, 15) is 0 Å². The van der Waals surface area contributed by atoms with Crippen LogP contribution in [-0.2, 0) is 6.54 Å². The molecule has 0 heterocycles. The zero-order chi connectivity index (χ0) is 14.5. The molecular formula is C16H17Cl2NO. The van der Waals surface area contributed by atoms with Crippen LogP contribution in [-0.4, -0.2) is 6.10 Å². The standard InChI is InChI=1S/C16H17Cl2NO/c1-11(2)20-13-6-3-5-12(9-13)10-19-16-14(17)7-4-8-15(16)18/h3-9,11,19H,10H2,1-2H3. The Morgan fingerprint density at radius 3 is 2.35 bits per heavy atom. The van der Waals surface area contributed by atoms with Gasteiger partial charge in [0.05, 0.1) is 21.8 Å². The predicted molar refractivity (Wildman–Crippen MR) is 86.0 cm³/mol. The van der Waals surface area contributed by atoms with E-state index in [1.807, 2.05) is 56.3 Å². The number of halogens is 2. The smallest absolute Gasteiger partial charge is 0.120 e. The highest BCUT2D eigenvalue weighted by atomic mass is 35.5. The molecule has 0 aliphatic rings. The largest absolute Gasteiger partial charge is 0.491 e. The predicted octanol–water partition coefficient (Wildman–Crippen LogP) is 5.39. The molecule has 0 atom stereocenters. The van der Waals surface area contributed by atoms with Crippen LogP contribution >= 0.6 is 23.2 Å². The van der Waals surface area contributed by atoms with Crippen molar-refractivity contribution < 1.29 is 4.74 Å². The first-order valence-corrected chi connectivity index (χ1v) is 7.25. The van der Waals surface area contributed by atoms with Crippen LogP contribution in [0, 0.1) is 0 Å². The van der Waals surface area contributed by atoms with E-state index in [2.05, 4.69) is 5.32 Å². The monoisotopic (exact) mass is 309 g/mol. The van der Waals surface area contributed by atoms with Crippen molar-refractivity contribution in [1.29, 1.82) is 0 Å². The normalized spacial score (nSPS) is 10.7. The van der Waals surface area contributed by atoms with E-state index in [0.717, 1.165) is 17.0 Å². The van der Waals surface area contributed by atoms with Gasteiger partial charge >= 0.3 is 0 Å². The van der Waals surface area contributed by atoms with Gasteiger partial charge in [0.1, 0.15) is 5.75 Å². The van der Waals surface area contributed by atoms with E-state index in [0.29, 0.717) is 16.6 Å². The Hall–Kier alpha value is -1.38. The van der Waals surface area contributed by atoms with Gasteiger partial charge in [0.15, 0.2) is 0 Å². The minimum Gasteiger partial charge on any atom is -0.491 e. The van der Waals surface area contributed by atoms with Gasteiger partial charge in [-0.05, 0) is 43.7 Å². The van der Waals surface area contributed by atoms with Gasteiger partial charge in [0, 0.05) is 6.54 Å². The Kier molecular flexibility index (Phi) is 5.16. The van der Waals surface area contributed by atoms with Crippen molar-refractivity contribution in [3.63, 3.8) is 0 Å². The molecule has 1 N–H and O–H groups in total. The number of anilines is 1. The zero-order valence-corrected chi connectivity index (χ0v) is 13.0. The van der Waals surface area contributed by atoms with Crippen molar-refractivity contribution in [3.05, 3.63) is 58.1 Å². The second-order valence-corrected chi connectivity index (χ2v) is 5.58. The minimum absolute atomic E-state index is 0.163. The highest BCUT2D eigenvalue weighted by molar-refractivity contribution is 6.39. The fraction of sp³-hybridized carbons (Fsp3) is 0.250. The van der Waals surface area contributed by atoms with E-state index in [1.165, 1.54) is 0 Å². The summed E-state index contributed by atoms with van der Waals surface area (Å²) >= 11 is 12.2. The maximum absolute atomic E-state index is 6.12. The molecule has 2 nitrogen and oxygen atoms in total. The lowest BCUT2D eigenvalue weighted by molar-refractivity contribution is 0.242. The Morgan fingerprint density at radius 1 is 1.05 bits per heavy atom. The van der Waals surface area contributed by atoms with Gasteiger partial charge in [-0.3, -0.25) is 0 Å². The molecule has 0 unspecified atom stereocenters. The molecule has 0 radical (unpaired) electrons. The van der Waals surface area contributed by atoms with Gasteiger partial charge in [-0.25, -0.2) is 0 Å². The number of hydrogen-bond donors (Lipinski definition) is 1. The van der Waals surface area contributed by atoms with Gasteiger partial charge in [0.25, 0.3) is 0 Å². The second kappa shape index (κ2) is 6.87. The first-order chi connectivity index (χ1) is 9.56. The molecule has 4 heteroatoms. The summed E-state index contributed by atoms with van der Waals surface area (Å²) in [6.07, 6.45) is 0.163. The van der Waals surface area contributed by atoms with Crippen molar-refractivity contribution in [2.45, 2.75) is 26.5 Å². The van der Waals surface area contributed by atoms with Crippen LogP contribution in [0.5, 0.6) is 5.75 Å². The summed E-state index contributed by atoms with van der Waals surface area (Å²) in [6, 6.07) is 13.4. The lowest BCUT2D eigenvalue weighted by atomic mass is 10.2. The number of benzene rings is 2. The quantitative estimate of drug-likeness (QED) is 0.799. The molecule has 0 bridgehead atoms. The second-order valence-electron chi connectivity index (χ2n) is 4.76. The van der Waals surface area contributed by atoms with E-state index >= 15 is 0 Å². The van der Waals surface area contributed by atoms with E-state index in [4.69, 9.17) is 27.9 Å². The van der Waals surface area contributed by atoms with Crippen molar-refractivity contribution in [2.75, 3.05) is 5.32 Å². The van der Waals surface area contributed by atoms with Gasteiger partial charge in [-0.2, -0.15) is 0 Å². The third kappa shape index (κ3) is 4.06. The summed E-state index contributed by atoms with van der Waals surface area (Å²) in [5, 5.41) is 4.49. The lowest BCUT2D eigenvalue weighted by Crippen LogP contribution is -2.06. The van der Waals surface area contributed by atoms with E-state index < -0.39 is 0 Å². The number of ether oxygens (including phenoxy) is 1. The summed E-state index contributed by atoms with van der Waals surface area (Å²) in [4.78, 5) is 0. The Balaban J connectivity index is 2.07. The van der Waals surface area contributed by atoms with Crippen LogP contribution in [0.3, 0.4) is 0 Å². The molecule has 0 aromatic heterocycles. The first-order valence-electron chi connectivity index (χ1n) is 6.49. The number of hydrogen-bond acceptors (Lipinski definition) is 2. The number of para-hydroxylation sites is 1. The molecule has 0 spiro atoms. The van der Waals surface area contributed by atoms with E-state index in [1.54, 1.807) is 0 Å². The van der Waals surface area contributed by atoms with Gasteiger partial charge in [-0.15, -0.1) is 0 Å². The third-order valence-electron chi connectivity index (χ3n) is 2.70. The summed E-state index contributed by atoms with van der Waals surface area (Å²) in [6.45, 7) is 4.65. The van der Waals surface area contributed by atoms with Crippen molar-refractivity contribution in [3.8, 4) is 5.75 Å².